The largest absolute Gasteiger partial charge is 0.381 e. The summed E-state index contributed by atoms with van der Waals surface area (Å²) in [5, 5.41) is 5.15. The topological polar surface area (TPSA) is 67.4 Å². The monoisotopic (exact) mass is 292 g/mol. The Kier molecular flexibility index (Phi) is 8.12. The molecular formula is C16H24N2O3. The summed E-state index contributed by atoms with van der Waals surface area (Å²) in [4.78, 5) is 23.3. The second kappa shape index (κ2) is 9.94. The van der Waals surface area contributed by atoms with Gasteiger partial charge in [0.1, 0.15) is 0 Å². The fourth-order valence-electron chi connectivity index (χ4n) is 1.72. The number of ether oxygens (including phenoxy) is 1. The van der Waals surface area contributed by atoms with Crippen molar-refractivity contribution in [1.82, 2.24) is 5.32 Å². The Labute approximate surface area is 126 Å². The Morgan fingerprint density at radius 3 is 2.62 bits per heavy atom. The molecule has 0 aromatic heterocycles. The fourth-order valence-corrected chi connectivity index (χ4v) is 1.72. The van der Waals surface area contributed by atoms with Gasteiger partial charge in [-0.2, -0.15) is 0 Å². The van der Waals surface area contributed by atoms with Crippen LogP contribution in [-0.2, 0) is 14.3 Å². The molecule has 5 nitrogen and oxygen atoms in total. The van der Waals surface area contributed by atoms with Gasteiger partial charge in [-0.05, 0) is 37.5 Å². The summed E-state index contributed by atoms with van der Waals surface area (Å²) in [7, 11) is 0. The van der Waals surface area contributed by atoms with E-state index in [1.807, 2.05) is 25.1 Å². The number of benzene rings is 1. The molecule has 1 aromatic rings. The molecule has 0 aliphatic carbocycles. The zero-order valence-corrected chi connectivity index (χ0v) is 12.8. The summed E-state index contributed by atoms with van der Waals surface area (Å²) in [5.74, 6) is -1.27. The van der Waals surface area contributed by atoms with Gasteiger partial charge in [0.2, 0.25) is 0 Å². The van der Waals surface area contributed by atoms with Crippen LogP contribution in [0.5, 0.6) is 0 Å². The van der Waals surface area contributed by atoms with E-state index in [2.05, 4.69) is 17.6 Å². The lowest BCUT2D eigenvalue weighted by atomic mass is 10.2. The minimum absolute atomic E-state index is 0.437. The van der Waals surface area contributed by atoms with Crippen LogP contribution in [0.1, 0.15) is 31.7 Å². The molecule has 0 heterocycles. The molecule has 0 atom stereocenters. The van der Waals surface area contributed by atoms with Crippen LogP contribution in [0.15, 0.2) is 24.3 Å². The Morgan fingerprint density at radius 2 is 1.90 bits per heavy atom. The van der Waals surface area contributed by atoms with Crippen LogP contribution < -0.4 is 10.6 Å². The molecule has 0 aliphatic rings. The average Bonchev–Trinajstić information content (AvgIpc) is 2.46. The second-order valence-corrected chi connectivity index (χ2v) is 4.90. The lowest BCUT2D eigenvalue weighted by molar-refractivity contribution is -0.136. The highest BCUT2D eigenvalue weighted by atomic mass is 16.5. The average molecular weight is 292 g/mol. The van der Waals surface area contributed by atoms with Gasteiger partial charge in [0.05, 0.1) is 0 Å². The van der Waals surface area contributed by atoms with Crippen LogP contribution in [0.4, 0.5) is 5.69 Å². The standard InChI is InChI=1S/C16H24N2O3/c1-3-4-10-21-11-6-9-17-15(19)16(20)18-14-8-5-7-13(2)12-14/h5,7-8,12H,3-4,6,9-11H2,1-2H3,(H,17,19)(H,18,20). The first-order valence-corrected chi connectivity index (χ1v) is 7.37. The second-order valence-electron chi connectivity index (χ2n) is 4.90. The molecule has 0 saturated heterocycles. The summed E-state index contributed by atoms with van der Waals surface area (Å²) in [6.07, 6.45) is 2.86. The van der Waals surface area contributed by atoms with Crippen LogP contribution in [0.2, 0.25) is 0 Å². The van der Waals surface area contributed by atoms with Gasteiger partial charge >= 0.3 is 11.8 Å². The first-order chi connectivity index (χ1) is 10.1. The van der Waals surface area contributed by atoms with Gasteiger partial charge in [-0.3, -0.25) is 9.59 Å². The third-order valence-electron chi connectivity index (χ3n) is 2.88. The number of carbonyl (C=O) groups excluding carboxylic acids is 2. The van der Waals surface area contributed by atoms with Gasteiger partial charge in [0, 0.05) is 25.4 Å². The number of hydrogen-bond donors (Lipinski definition) is 2. The van der Waals surface area contributed by atoms with E-state index in [1.54, 1.807) is 6.07 Å². The van der Waals surface area contributed by atoms with Crippen molar-refractivity contribution in [3.8, 4) is 0 Å². The predicted octanol–water partition coefficient (Wildman–Crippen LogP) is 2.26. The van der Waals surface area contributed by atoms with Gasteiger partial charge in [-0.15, -0.1) is 0 Å². The molecule has 0 unspecified atom stereocenters. The molecule has 0 fully saturated rings. The molecule has 1 rings (SSSR count). The molecular weight excluding hydrogens is 268 g/mol. The zero-order chi connectivity index (χ0) is 15.5. The van der Waals surface area contributed by atoms with E-state index in [0.29, 0.717) is 25.3 Å². The molecule has 5 heteroatoms. The van der Waals surface area contributed by atoms with E-state index < -0.39 is 11.8 Å². The minimum atomic E-state index is -0.646. The lowest BCUT2D eigenvalue weighted by Crippen LogP contribution is -2.36. The molecule has 116 valence electrons. The molecule has 0 aliphatic heterocycles. The SMILES string of the molecule is CCCCOCCCNC(=O)C(=O)Nc1cccc(C)c1. The number of aryl methyl sites for hydroxylation is 1. The van der Waals surface area contributed by atoms with Gasteiger partial charge in [0.15, 0.2) is 0 Å². The molecule has 0 spiro atoms. The Bertz CT molecular complexity index is 461. The lowest BCUT2D eigenvalue weighted by Gasteiger charge is -2.07. The normalized spacial score (nSPS) is 10.2. The quantitative estimate of drug-likeness (QED) is 0.570. The fraction of sp³-hybridized carbons (Fsp3) is 0.500. The number of unbranched alkanes of at least 4 members (excludes halogenated alkanes) is 1. The van der Waals surface area contributed by atoms with E-state index >= 15 is 0 Å². The number of amides is 2. The van der Waals surface area contributed by atoms with Crippen molar-refractivity contribution in [2.75, 3.05) is 25.1 Å². The van der Waals surface area contributed by atoms with E-state index in [-0.39, 0.29) is 0 Å². The van der Waals surface area contributed by atoms with Crippen molar-refractivity contribution >= 4 is 17.5 Å². The number of nitrogens with one attached hydrogen (secondary N) is 2. The summed E-state index contributed by atoms with van der Waals surface area (Å²) in [6, 6.07) is 7.32. The molecule has 0 saturated carbocycles. The van der Waals surface area contributed by atoms with Crippen molar-refractivity contribution < 1.29 is 14.3 Å². The van der Waals surface area contributed by atoms with E-state index in [1.165, 1.54) is 0 Å². The highest BCUT2D eigenvalue weighted by Gasteiger charge is 2.12. The third kappa shape index (κ3) is 7.46. The molecule has 1 aromatic carbocycles. The van der Waals surface area contributed by atoms with Gasteiger partial charge in [0.25, 0.3) is 0 Å². The predicted molar refractivity (Wildman–Crippen MR) is 83.2 cm³/mol. The van der Waals surface area contributed by atoms with Crippen molar-refractivity contribution in [1.29, 1.82) is 0 Å². The first kappa shape index (κ1) is 17.2. The summed E-state index contributed by atoms with van der Waals surface area (Å²) < 4.78 is 5.37. The smallest absolute Gasteiger partial charge is 0.313 e. The maximum absolute atomic E-state index is 11.7. The highest BCUT2D eigenvalue weighted by molar-refractivity contribution is 6.39. The maximum Gasteiger partial charge on any atom is 0.313 e. The van der Waals surface area contributed by atoms with Crippen LogP contribution in [0, 0.1) is 6.92 Å². The third-order valence-corrected chi connectivity index (χ3v) is 2.88. The number of hydrogen-bond acceptors (Lipinski definition) is 3. The summed E-state index contributed by atoms with van der Waals surface area (Å²) in [6.45, 7) is 5.81. The number of anilines is 1. The minimum Gasteiger partial charge on any atom is -0.381 e. The molecule has 21 heavy (non-hydrogen) atoms. The molecule has 2 amide bonds. The first-order valence-electron chi connectivity index (χ1n) is 7.37. The van der Waals surface area contributed by atoms with Gasteiger partial charge in [-0.1, -0.05) is 25.5 Å². The van der Waals surface area contributed by atoms with E-state index in [9.17, 15) is 9.59 Å². The van der Waals surface area contributed by atoms with Crippen molar-refractivity contribution in [2.24, 2.45) is 0 Å². The van der Waals surface area contributed by atoms with Gasteiger partial charge in [-0.25, -0.2) is 0 Å². The molecule has 0 bridgehead atoms. The van der Waals surface area contributed by atoms with Crippen molar-refractivity contribution in [3.05, 3.63) is 29.8 Å². The summed E-state index contributed by atoms with van der Waals surface area (Å²) in [5.41, 5.74) is 1.65. The number of rotatable bonds is 8. The van der Waals surface area contributed by atoms with E-state index in [0.717, 1.165) is 25.0 Å². The van der Waals surface area contributed by atoms with Crippen LogP contribution in [0.25, 0.3) is 0 Å². The Hall–Kier alpha value is -1.88. The van der Waals surface area contributed by atoms with E-state index in [4.69, 9.17) is 4.74 Å². The van der Waals surface area contributed by atoms with Crippen LogP contribution >= 0.6 is 0 Å². The zero-order valence-electron chi connectivity index (χ0n) is 12.8. The Balaban J connectivity index is 2.18. The maximum atomic E-state index is 11.7. The van der Waals surface area contributed by atoms with Crippen molar-refractivity contribution in [3.63, 3.8) is 0 Å². The van der Waals surface area contributed by atoms with Crippen molar-refractivity contribution in [2.45, 2.75) is 33.1 Å². The number of carbonyl (C=O) groups is 2. The highest BCUT2D eigenvalue weighted by Crippen LogP contribution is 2.08. The molecule has 0 radical (unpaired) electrons. The molecule has 2 N–H and O–H groups in total. The summed E-state index contributed by atoms with van der Waals surface area (Å²) >= 11 is 0. The van der Waals surface area contributed by atoms with Gasteiger partial charge < -0.3 is 15.4 Å². The Morgan fingerprint density at radius 1 is 1.14 bits per heavy atom. The van der Waals surface area contributed by atoms with Crippen LogP contribution in [0.3, 0.4) is 0 Å². The van der Waals surface area contributed by atoms with Crippen LogP contribution in [-0.4, -0.2) is 31.6 Å².